The Morgan fingerprint density at radius 1 is 1.58 bits per heavy atom. The molecule has 0 aliphatic rings. The van der Waals surface area contributed by atoms with Gasteiger partial charge in [0.25, 0.3) is 5.88 Å². The van der Waals surface area contributed by atoms with Crippen molar-refractivity contribution in [3.8, 4) is 5.88 Å². The molecule has 0 fully saturated rings. The van der Waals surface area contributed by atoms with E-state index in [0.29, 0.717) is 5.69 Å². The molecular weight excluding hydrogens is 248 g/mol. The molecule has 0 radical (unpaired) electrons. The van der Waals surface area contributed by atoms with E-state index in [-0.39, 0.29) is 24.2 Å². The smallest absolute Gasteiger partial charge is 0.353 e. The van der Waals surface area contributed by atoms with Crippen LogP contribution in [0.15, 0.2) is 0 Å². The highest BCUT2D eigenvalue weighted by Gasteiger charge is 2.29. The summed E-state index contributed by atoms with van der Waals surface area (Å²) in [6, 6.07) is -0.0203. The van der Waals surface area contributed by atoms with Crippen LogP contribution in [-0.4, -0.2) is 26.8 Å². The number of aryl methyl sites for hydroxylation is 1. The summed E-state index contributed by atoms with van der Waals surface area (Å²) in [5.74, 6) is 0.183. The Bertz CT molecular complexity index is 466. The van der Waals surface area contributed by atoms with E-state index in [9.17, 15) is 10.1 Å². The molecule has 7 nitrogen and oxygen atoms in total. The molecule has 7 heteroatoms. The summed E-state index contributed by atoms with van der Waals surface area (Å²) in [6.45, 7) is 9.40. The molecule has 19 heavy (non-hydrogen) atoms. The van der Waals surface area contributed by atoms with Crippen molar-refractivity contribution in [1.82, 2.24) is 9.78 Å². The van der Waals surface area contributed by atoms with Crippen molar-refractivity contribution in [2.45, 2.75) is 52.6 Å². The van der Waals surface area contributed by atoms with Gasteiger partial charge in [-0.15, -0.1) is 0 Å². The molecule has 2 N–H and O–H groups in total. The van der Waals surface area contributed by atoms with E-state index >= 15 is 0 Å². The fraction of sp³-hybridized carbons (Fsp3) is 0.750. The lowest BCUT2D eigenvalue weighted by Crippen LogP contribution is -2.41. The predicted octanol–water partition coefficient (Wildman–Crippen LogP) is 2.19. The highest BCUT2D eigenvalue weighted by atomic mass is 16.6. The predicted molar refractivity (Wildman–Crippen MR) is 72.4 cm³/mol. The van der Waals surface area contributed by atoms with Crippen molar-refractivity contribution in [1.29, 1.82) is 0 Å². The fourth-order valence-corrected chi connectivity index (χ4v) is 1.55. The summed E-state index contributed by atoms with van der Waals surface area (Å²) in [4.78, 5) is 10.7. The molecule has 0 spiro atoms. The monoisotopic (exact) mass is 270 g/mol. The second kappa shape index (κ2) is 5.56. The number of nitro groups is 1. The molecule has 0 aliphatic heterocycles. The Balaban J connectivity index is 3.12. The summed E-state index contributed by atoms with van der Waals surface area (Å²) in [7, 11) is 0. The first-order chi connectivity index (χ1) is 8.69. The summed E-state index contributed by atoms with van der Waals surface area (Å²) < 4.78 is 7.13. The van der Waals surface area contributed by atoms with Gasteiger partial charge in [0, 0.05) is 5.54 Å². The van der Waals surface area contributed by atoms with Crippen LogP contribution in [0, 0.1) is 17.0 Å². The average molecular weight is 270 g/mol. The van der Waals surface area contributed by atoms with Crippen molar-refractivity contribution in [2.24, 2.45) is 5.73 Å². The molecule has 1 aromatic heterocycles. The average Bonchev–Trinajstić information content (AvgIpc) is 2.64. The third kappa shape index (κ3) is 3.44. The number of nitrogens with zero attached hydrogens (tertiary/aromatic N) is 3. The summed E-state index contributed by atoms with van der Waals surface area (Å²) >= 11 is 0. The first-order valence-corrected chi connectivity index (χ1v) is 6.34. The van der Waals surface area contributed by atoms with Gasteiger partial charge in [-0.05, 0) is 34.1 Å². The van der Waals surface area contributed by atoms with E-state index in [1.807, 2.05) is 27.7 Å². The molecule has 0 aliphatic carbocycles. The largest absolute Gasteiger partial charge is 0.471 e. The molecule has 0 saturated carbocycles. The minimum atomic E-state index is -0.520. The van der Waals surface area contributed by atoms with Gasteiger partial charge in [-0.3, -0.25) is 10.1 Å². The summed E-state index contributed by atoms with van der Waals surface area (Å²) in [5.41, 5.74) is 5.75. The van der Waals surface area contributed by atoms with Crippen LogP contribution < -0.4 is 10.5 Å². The molecule has 1 rings (SSSR count). The Hall–Kier alpha value is -1.63. The quantitative estimate of drug-likeness (QED) is 0.631. The molecule has 108 valence electrons. The maximum atomic E-state index is 11.1. The number of hydrogen-bond donors (Lipinski definition) is 1. The van der Waals surface area contributed by atoms with Gasteiger partial charge in [-0.25, -0.2) is 4.68 Å². The first kappa shape index (κ1) is 15.4. The lowest BCUT2D eigenvalue weighted by Gasteiger charge is -2.23. The van der Waals surface area contributed by atoms with Gasteiger partial charge in [0.1, 0.15) is 12.3 Å². The van der Waals surface area contributed by atoms with Crippen LogP contribution in [0.2, 0.25) is 0 Å². The normalized spacial score (nSPS) is 14.5. The number of ether oxygens (including phenoxy) is 1. The van der Waals surface area contributed by atoms with Crippen molar-refractivity contribution in [2.75, 3.05) is 6.61 Å². The van der Waals surface area contributed by atoms with Crippen molar-refractivity contribution < 1.29 is 9.66 Å². The number of rotatable bonds is 6. The minimum Gasteiger partial charge on any atom is -0.471 e. The number of aromatic nitrogens is 2. The van der Waals surface area contributed by atoms with Crippen LogP contribution in [0.1, 0.15) is 45.9 Å². The lowest BCUT2D eigenvalue weighted by atomic mass is 10.0. The molecule has 1 heterocycles. The molecule has 0 aromatic carbocycles. The van der Waals surface area contributed by atoms with Gasteiger partial charge in [-0.2, -0.15) is 5.10 Å². The maximum Gasteiger partial charge on any atom is 0.353 e. The van der Waals surface area contributed by atoms with Crippen molar-refractivity contribution in [3.05, 3.63) is 15.8 Å². The molecule has 1 atom stereocenters. The van der Waals surface area contributed by atoms with Crippen molar-refractivity contribution in [3.63, 3.8) is 0 Å². The molecule has 0 amide bonds. The Morgan fingerprint density at radius 3 is 2.58 bits per heavy atom. The first-order valence-electron chi connectivity index (χ1n) is 6.34. The molecule has 1 unspecified atom stereocenters. The van der Waals surface area contributed by atoms with E-state index in [1.54, 1.807) is 6.92 Å². The molecule has 0 bridgehead atoms. The van der Waals surface area contributed by atoms with Crippen LogP contribution in [0.4, 0.5) is 5.69 Å². The number of hydrogen-bond acceptors (Lipinski definition) is 5. The molecular formula is C12H22N4O3. The SMILES string of the molecule is CCC(C)(N)COc1c([N+](=O)[O-])c(C)nn1C(C)C. The lowest BCUT2D eigenvalue weighted by molar-refractivity contribution is -0.386. The Kier molecular flexibility index (Phi) is 4.52. The van der Waals surface area contributed by atoms with E-state index < -0.39 is 10.5 Å². The topological polar surface area (TPSA) is 96.2 Å². The third-order valence-corrected chi connectivity index (χ3v) is 3.03. The van der Waals surface area contributed by atoms with Gasteiger partial charge in [-0.1, -0.05) is 6.92 Å². The second-order valence-electron chi connectivity index (χ2n) is 5.33. The van der Waals surface area contributed by atoms with Crippen LogP contribution in [-0.2, 0) is 0 Å². The highest BCUT2D eigenvalue weighted by Crippen LogP contribution is 2.33. The van der Waals surface area contributed by atoms with E-state index in [0.717, 1.165) is 6.42 Å². The van der Waals surface area contributed by atoms with E-state index in [2.05, 4.69) is 5.10 Å². The standard InChI is InChI=1S/C12H22N4O3/c1-6-12(5,13)7-19-11-10(16(17)18)9(4)14-15(11)8(2)3/h8H,6-7,13H2,1-5H3. The van der Waals surface area contributed by atoms with Crippen LogP contribution in [0.3, 0.4) is 0 Å². The van der Waals surface area contributed by atoms with Gasteiger partial charge in [0.05, 0.1) is 11.0 Å². The Labute approximate surface area is 112 Å². The zero-order valence-corrected chi connectivity index (χ0v) is 12.1. The van der Waals surface area contributed by atoms with Gasteiger partial charge >= 0.3 is 5.69 Å². The van der Waals surface area contributed by atoms with Gasteiger partial charge in [0.15, 0.2) is 0 Å². The highest BCUT2D eigenvalue weighted by molar-refractivity contribution is 5.46. The molecule has 1 aromatic rings. The van der Waals surface area contributed by atoms with Crippen LogP contribution >= 0.6 is 0 Å². The van der Waals surface area contributed by atoms with E-state index in [4.69, 9.17) is 10.5 Å². The maximum absolute atomic E-state index is 11.1. The van der Waals surface area contributed by atoms with Gasteiger partial charge < -0.3 is 10.5 Å². The zero-order chi connectivity index (χ0) is 14.8. The summed E-state index contributed by atoms with van der Waals surface area (Å²) in [5, 5.41) is 15.3. The Morgan fingerprint density at radius 2 is 2.16 bits per heavy atom. The van der Waals surface area contributed by atoms with Crippen LogP contribution in [0.5, 0.6) is 5.88 Å². The van der Waals surface area contributed by atoms with Gasteiger partial charge in [0.2, 0.25) is 0 Å². The third-order valence-electron chi connectivity index (χ3n) is 3.03. The summed E-state index contributed by atoms with van der Waals surface area (Å²) in [6.07, 6.45) is 0.718. The minimum absolute atomic E-state index is 0.0203. The van der Waals surface area contributed by atoms with Crippen molar-refractivity contribution >= 4 is 5.69 Å². The van der Waals surface area contributed by atoms with Crippen LogP contribution in [0.25, 0.3) is 0 Å². The number of nitrogens with two attached hydrogens (primary N) is 1. The second-order valence-corrected chi connectivity index (χ2v) is 5.33. The fourth-order valence-electron chi connectivity index (χ4n) is 1.55. The molecule has 0 saturated heterocycles. The van der Waals surface area contributed by atoms with E-state index in [1.165, 1.54) is 4.68 Å². The zero-order valence-electron chi connectivity index (χ0n) is 12.1.